The van der Waals surface area contributed by atoms with Gasteiger partial charge in [0, 0.05) is 25.2 Å². The maximum Gasteiger partial charge on any atom is 0.251 e. The number of carbonyl (C=O) groups is 2. The van der Waals surface area contributed by atoms with Crippen LogP contribution in [0.4, 0.5) is 0 Å². The summed E-state index contributed by atoms with van der Waals surface area (Å²) in [6, 6.07) is 4.51. The predicted molar refractivity (Wildman–Crippen MR) is 80.8 cm³/mol. The maximum absolute atomic E-state index is 12.1. The third kappa shape index (κ3) is 4.62. The molecule has 21 heavy (non-hydrogen) atoms. The molecule has 0 radical (unpaired) electrons. The Kier molecular flexibility index (Phi) is 5.94. The molecule has 0 fully saturated rings. The van der Waals surface area contributed by atoms with Crippen LogP contribution in [0.2, 0.25) is 0 Å². The van der Waals surface area contributed by atoms with Crippen LogP contribution in [0.5, 0.6) is 0 Å². The summed E-state index contributed by atoms with van der Waals surface area (Å²) in [6.07, 6.45) is 0. The fourth-order valence-electron chi connectivity index (χ4n) is 1.81. The van der Waals surface area contributed by atoms with E-state index in [-0.39, 0.29) is 18.4 Å². The van der Waals surface area contributed by atoms with Gasteiger partial charge in [0.15, 0.2) is 0 Å². The molecule has 1 rings (SSSR count). The summed E-state index contributed by atoms with van der Waals surface area (Å²) < 4.78 is 0. The van der Waals surface area contributed by atoms with Crippen LogP contribution >= 0.6 is 0 Å². The number of nitrogens with zero attached hydrogens (tertiary/aromatic N) is 1. The van der Waals surface area contributed by atoms with Crippen molar-refractivity contribution in [3.8, 4) is 11.8 Å². The quantitative estimate of drug-likeness (QED) is 0.798. The van der Waals surface area contributed by atoms with E-state index in [0.717, 1.165) is 11.1 Å². The first-order valence-electron chi connectivity index (χ1n) is 6.59. The van der Waals surface area contributed by atoms with Crippen LogP contribution < -0.4 is 5.32 Å². The number of carbonyl (C=O) groups excluding carboxylic acids is 2. The highest BCUT2D eigenvalue weighted by Gasteiger charge is 2.18. The molecular weight excluding hydrogens is 268 g/mol. The van der Waals surface area contributed by atoms with E-state index in [1.54, 1.807) is 39.2 Å². The average molecular weight is 288 g/mol. The first-order valence-corrected chi connectivity index (χ1v) is 6.59. The van der Waals surface area contributed by atoms with Gasteiger partial charge >= 0.3 is 0 Å². The molecule has 0 bridgehead atoms. The van der Waals surface area contributed by atoms with Gasteiger partial charge in [0.25, 0.3) is 5.91 Å². The third-order valence-electron chi connectivity index (χ3n) is 2.95. The number of aliphatic hydroxyl groups is 1. The molecule has 0 saturated carbocycles. The number of hydrogen-bond acceptors (Lipinski definition) is 3. The standard InChI is InChI=1S/C16H20N2O3/c1-11-10-14(8-7-13(11)6-5-9-19)15(20)17-12(2)16(21)18(3)4/h7-8,10,12,19H,9H2,1-4H3,(H,17,20). The van der Waals surface area contributed by atoms with Gasteiger partial charge in [-0.25, -0.2) is 0 Å². The van der Waals surface area contributed by atoms with Crippen molar-refractivity contribution >= 4 is 11.8 Å². The number of amides is 2. The molecule has 5 nitrogen and oxygen atoms in total. The molecule has 0 heterocycles. The molecule has 0 saturated heterocycles. The van der Waals surface area contributed by atoms with Crippen LogP contribution in [0.25, 0.3) is 0 Å². The molecule has 0 aliphatic rings. The lowest BCUT2D eigenvalue weighted by Gasteiger charge is -2.18. The number of hydrogen-bond donors (Lipinski definition) is 2. The number of rotatable bonds is 3. The zero-order valence-electron chi connectivity index (χ0n) is 12.7. The molecule has 0 aromatic heterocycles. The minimum atomic E-state index is -0.582. The molecule has 0 spiro atoms. The van der Waals surface area contributed by atoms with Crippen molar-refractivity contribution in [3.63, 3.8) is 0 Å². The molecule has 5 heteroatoms. The highest BCUT2D eigenvalue weighted by molar-refractivity contribution is 5.97. The van der Waals surface area contributed by atoms with E-state index >= 15 is 0 Å². The smallest absolute Gasteiger partial charge is 0.251 e. The lowest BCUT2D eigenvalue weighted by atomic mass is 10.0. The molecule has 2 amide bonds. The largest absolute Gasteiger partial charge is 0.384 e. The summed E-state index contributed by atoms with van der Waals surface area (Å²) in [5.74, 6) is 4.91. The normalized spacial score (nSPS) is 11.1. The fraction of sp³-hybridized carbons (Fsp3) is 0.375. The van der Waals surface area contributed by atoms with E-state index in [1.807, 2.05) is 6.92 Å². The van der Waals surface area contributed by atoms with Crippen molar-refractivity contribution in [2.24, 2.45) is 0 Å². The summed E-state index contributed by atoms with van der Waals surface area (Å²) >= 11 is 0. The van der Waals surface area contributed by atoms with Crippen molar-refractivity contribution in [2.75, 3.05) is 20.7 Å². The van der Waals surface area contributed by atoms with Crippen LogP contribution in [0.1, 0.15) is 28.4 Å². The zero-order valence-corrected chi connectivity index (χ0v) is 12.7. The Labute approximate surface area is 125 Å². The first-order chi connectivity index (χ1) is 9.86. The minimum Gasteiger partial charge on any atom is -0.384 e. The molecule has 1 aromatic carbocycles. The van der Waals surface area contributed by atoms with Gasteiger partial charge in [0.1, 0.15) is 12.6 Å². The van der Waals surface area contributed by atoms with Crippen molar-refractivity contribution in [1.82, 2.24) is 10.2 Å². The molecule has 112 valence electrons. The second-order valence-corrected chi connectivity index (χ2v) is 4.92. The van der Waals surface area contributed by atoms with Crippen LogP contribution in [0, 0.1) is 18.8 Å². The highest BCUT2D eigenvalue weighted by atomic mass is 16.2. The first kappa shape index (κ1) is 16.7. The summed E-state index contributed by atoms with van der Waals surface area (Å²) in [7, 11) is 3.29. The van der Waals surface area contributed by atoms with E-state index in [0.29, 0.717) is 5.56 Å². The minimum absolute atomic E-state index is 0.162. The van der Waals surface area contributed by atoms with E-state index in [4.69, 9.17) is 5.11 Å². The van der Waals surface area contributed by atoms with Gasteiger partial charge in [-0.15, -0.1) is 0 Å². The Balaban J connectivity index is 2.84. The predicted octanol–water partition coefficient (Wildman–Crippen LogP) is 0.545. The summed E-state index contributed by atoms with van der Waals surface area (Å²) in [5, 5.41) is 11.3. The summed E-state index contributed by atoms with van der Waals surface area (Å²) in [4.78, 5) is 25.3. The van der Waals surface area contributed by atoms with Gasteiger partial charge in [0.2, 0.25) is 5.91 Å². The van der Waals surface area contributed by atoms with Gasteiger partial charge in [0.05, 0.1) is 0 Å². The van der Waals surface area contributed by atoms with Gasteiger partial charge in [-0.2, -0.15) is 0 Å². The number of aryl methyl sites for hydroxylation is 1. The Morgan fingerprint density at radius 3 is 2.57 bits per heavy atom. The van der Waals surface area contributed by atoms with E-state index in [9.17, 15) is 9.59 Å². The van der Waals surface area contributed by atoms with Crippen molar-refractivity contribution in [2.45, 2.75) is 19.9 Å². The Bertz CT molecular complexity index is 597. The van der Waals surface area contributed by atoms with Crippen LogP contribution in [0.3, 0.4) is 0 Å². The molecule has 1 atom stereocenters. The van der Waals surface area contributed by atoms with Gasteiger partial charge in [-0.3, -0.25) is 9.59 Å². The Morgan fingerprint density at radius 2 is 2.05 bits per heavy atom. The summed E-state index contributed by atoms with van der Waals surface area (Å²) in [6.45, 7) is 3.28. The van der Waals surface area contributed by atoms with Gasteiger partial charge in [-0.1, -0.05) is 11.8 Å². The SMILES string of the molecule is Cc1cc(C(=O)NC(C)C(=O)N(C)C)ccc1C#CCO. The lowest BCUT2D eigenvalue weighted by molar-refractivity contribution is -0.130. The Morgan fingerprint density at radius 1 is 1.38 bits per heavy atom. The average Bonchev–Trinajstić information content (AvgIpc) is 2.44. The number of nitrogens with one attached hydrogen (secondary N) is 1. The molecular formula is C16H20N2O3. The zero-order chi connectivity index (χ0) is 16.0. The monoisotopic (exact) mass is 288 g/mol. The van der Waals surface area contributed by atoms with Crippen LogP contribution in [0.15, 0.2) is 18.2 Å². The van der Waals surface area contributed by atoms with Crippen molar-refractivity contribution < 1.29 is 14.7 Å². The summed E-state index contributed by atoms with van der Waals surface area (Å²) in [5.41, 5.74) is 2.08. The van der Waals surface area contributed by atoms with Crippen molar-refractivity contribution in [3.05, 3.63) is 34.9 Å². The molecule has 0 aliphatic carbocycles. The maximum atomic E-state index is 12.1. The highest BCUT2D eigenvalue weighted by Crippen LogP contribution is 2.10. The van der Waals surface area contributed by atoms with Crippen molar-refractivity contribution in [1.29, 1.82) is 0 Å². The third-order valence-corrected chi connectivity index (χ3v) is 2.95. The van der Waals surface area contributed by atoms with E-state index < -0.39 is 6.04 Å². The molecule has 1 aromatic rings. The number of aliphatic hydroxyl groups excluding tert-OH is 1. The Hall–Kier alpha value is -2.32. The topological polar surface area (TPSA) is 69.6 Å². The second-order valence-electron chi connectivity index (χ2n) is 4.92. The number of benzene rings is 1. The van der Waals surface area contributed by atoms with E-state index in [2.05, 4.69) is 17.2 Å². The molecule has 0 aliphatic heterocycles. The van der Waals surface area contributed by atoms with Gasteiger partial charge < -0.3 is 15.3 Å². The van der Waals surface area contributed by atoms with Crippen LogP contribution in [-0.4, -0.2) is 48.6 Å². The molecule has 2 N–H and O–H groups in total. The fourth-order valence-corrected chi connectivity index (χ4v) is 1.81. The lowest BCUT2D eigenvalue weighted by Crippen LogP contribution is -2.44. The second kappa shape index (κ2) is 7.46. The number of likely N-dealkylation sites (N-methyl/N-ethyl adjacent to an activating group) is 1. The van der Waals surface area contributed by atoms with E-state index in [1.165, 1.54) is 4.90 Å². The molecule has 1 unspecified atom stereocenters. The van der Waals surface area contributed by atoms with Crippen LogP contribution in [-0.2, 0) is 4.79 Å². The van der Waals surface area contributed by atoms with Gasteiger partial charge in [-0.05, 0) is 37.6 Å².